The number of aromatic nitrogens is 1. The van der Waals surface area contributed by atoms with Crippen molar-refractivity contribution in [2.45, 2.75) is 45.1 Å². The smallest absolute Gasteiger partial charge is 0.169 e. The third kappa shape index (κ3) is 2.48. The number of benzene rings is 1. The van der Waals surface area contributed by atoms with Gasteiger partial charge >= 0.3 is 0 Å². The highest BCUT2D eigenvalue weighted by molar-refractivity contribution is 6.02. The molecule has 0 bridgehead atoms. The Labute approximate surface area is 149 Å². The summed E-state index contributed by atoms with van der Waals surface area (Å²) in [5.41, 5.74) is 6.67. The number of Topliss-reactive ketones (excluding diaryl/α,β-unsaturated/α-hetero) is 1. The number of carbonyl (C=O) groups excluding carboxylic acids is 1. The fraction of sp³-hybridized carbons (Fsp3) is 0.500. The number of hydrogen-bond donors (Lipinski definition) is 1. The summed E-state index contributed by atoms with van der Waals surface area (Å²) < 4.78 is 2.52. The molecule has 1 aromatic heterocycles. The maximum atomic E-state index is 13.3. The lowest BCUT2D eigenvalue weighted by Crippen LogP contribution is -2.44. The van der Waals surface area contributed by atoms with Crippen molar-refractivity contribution in [3.8, 4) is 0 Å². The van der Waals surface area contributed by atoms with Crippen LogP contribution in [0.1, 0.15) is 52.1 Å². The van der Waals surface area contributed by atoms with Gasteiger partial charge in [0.15, 0.2) is 5.78 Å². The maximum absolute atomic E-state index is 13.3. The van der Waals surface area contributed by atoms with Crippen LogP contribution >= 0.6 is 0 Å². The lowest BCUT2D eigenvalue weighted by Gasteiger charge is -2.35. The number of nitrogens with zero attached hydrogens (tertiary/aromatic N) is 1. The maximum Gasteiger partial charge on any atom is 0.169 e. The van der Waals surface area contributed by atoms with Crippen molar-refractivity contribution in [2.24, 2.45) is 11.8 Å². The van der Waals surface area contributed by atoms with Crippen molar-refractivity contribution in [3.05, 3.63) is 58.4 Å². The van der Waals surface area contributed by atoms with E-state index in [4.69, 9.17) is 0 Å². The Morgan fingerprint density at radius 1 is 1.08 bits per heavy atom. The lowest BCUT2D eigenvalue weighted by molar-refractivity contribution is 0.0815. The largest absolute Gasteiger partial charge is 0.343 e. The summed E-state index contributed by atoms with van der Waals surface area (Å²) in [5.74, 6) is 1.18. The molecule has 5 rings (SSSR count). The molecule has 1 aromatic carbocycles. The van der Waals surface area contributed by atoms with E-state index in [1.54, 1.807) is 0 Å². The summed E-state index contributed by atoms with van der Waals surface area (Å²) in [4.78, 5) is 13.3. The Balaban J connectivity index is 1.63. The molecule has 2 aliphatic carbocycles. The van der Waals surface area contributed by atoms with Gasteiger partial charge in [-0.3, -0.25) is 4.79 Å². The van der Waals surface area contributed by atoms with E-state index in [9.17, 15) is 4.79 Å². The van der Waals surface area contributed by atoms with Crippen molar-refractivity contribution >= 4 is 5.78 Å². The first kappa shape index (κ1) is 15.4. The van der Waals surface area contributed by atoms with E-state index in [0.717, 1.165) is 50.9 Å². The number of hydrogen-bond acceptors (Lipinski definition) is 2. The molecule has 130 valence electrons. The number of ketones is 1. The van der Waals surface area contributed by atoms with E-state index >= 15 is 0 Å². The van der Waals surface area contributed by atoms with E-state index in [1.807, 2.05) is 0 Å². The van der Waals surface area contributed by atoms with Gasteiger partial charge in [-0.1, -0.05) is 30.3 Å². The zero-order valence-corrected chi connectivity index (χ0v) is 14.8. The van der Waals surface area contributed by atoms with E-state index in [1.165, 1.54) is 35.4 Å². The number of rotatable bonds is 2. The summed E-state index contributed by atoms with van der Waals surface area (Å²) in [6.45, 7) is 2.85. The van der Waals surface area contributed by atoms with Crippen LogP contribution in [0.25, 0.3) is 0 Å². The van der Waals surface area contributed by atoms with Crippen LogP contribution < -0.4 is 5.32 Å². The van der Waals surface area contributed by atoms with Crippen LogP contribution in [0.5, 0.6) is 0 Å². The van der Waals surface area contributed by atoms with Crippen LogP contribution in [0.15, 0.2) is 30.3 Å². The SMILES string of the molecule is O=C1c2c3c(n(Cc4ccccc4)c2C[C@@H]2CCNC[C@@H]12)CCCC3. The van der Waals surface area contributed by atoms with Crippen molar-refractivity contribution in [1.82, 2.24) is 9.88 Å². The van der Waals surface area contributed by atoms with E-state index in [2.05, 4.69) is 40.2 Å². The van der Waals surface area contributed by atoms with Crippen LogP contribution in [-0.4, -0.2) is 23.4 Å². The first-order chi connectivity index (χ1) is 12.3. The van der Waals surface area contributed by atoms with Gasteiger partial charge in [0.05, 0.1) is 0 Å². The minimum atomic E-state index is 0.208. The van der Waals surface area contributed by atoms with E-state index in [0.29, 0.717) is 11.7 Å². The van der Waals surface area contributed by atoms with E-state index in [-0.39, 0.29) is 5.92 Å². The highest BCUT2D eigenvalue weighted by Crippen LogP contribution is 2.40. The first-order valence-electron chi connectivity index (χ1n) is 9.85. The average molecular weight is 334 g/mol. The van der Waals surface area contributed by atoms with Crippen LogP contribution in [0.3, 0.4) is 0 Å². The van der Waals surface area contributed by atoms with Crippen molar-refractivity contribution < 1.29 is 4.79 Å². The second-order valence-corrected chi connectivity index (χ2v) is 7.95. The van der Waals surface area contributed by atoms with Gasteiger partial charge in [0.2, 0.25) is 0 Å². The Morgan fingerprint density at radius 3 is 2.80 bits per heavy atom. The fourth-order valence-corrected chi connectivity index (χ4v) is 5.29. The van der Waals surface area contributed by atoms with Gasteiger partial charge in [-0.2, -0.15) is 0 Å². The van der Waals surface area contributed by atoms with Crippen molar-refractivity contribution in [1.29, 1.82) is 0 Å². The molecular formula is C22H26N2O. The number of piperidine rings is 1. The topological polar surface area (TPSA) is 34.0 Å². The van der Waals surface area contributed by atoms with Crippen LogP contribution in [-0.2, 0) is 25.8 Å². The molecule has 1 aliphatic heterocycles. The Kier molecular flexibility index (Phi) is 3.78. The third-order valence-electron chi connectivity index (χ3n) is 6.53. The number of carbonyl (C=O) groups is 1. The molecule has 1 N–H and O–H groups in total. The van der Waals surface area contributed by atoms with Crippen LogP contribution in [0.2, 0.25) is 0 Å². The molecule has 0 radical (unpaired) electrons. The summed E-state index contributed by atoms with van der Waals surface area (Å²) in [6, 6.07) is 10.7. The molecule has 3 nitrogen and oxygen atoms in total. The number of nitrogens with one attached hydrogen (secondary N) is 1. The molecule has 2 aromatic rings. The molecule has 0 amide bonds. The monoisotopic (exact) mass is 334 g/mol. The predicted molar refractivity (Wildman–Crippen MR) is 99.1 cm³/mol. The van der Waals surface area contributed by atoms with Gasteiger partial charge in [-0.25, -0.2) is 0 Å². The van der Waals surface area contributed by atoms with Crippen molar-refractivity contribution in [2.75, 3.05) is 13.1 Å². The van der Waals surface area contributed by atoms with Crippen LogP contribution in [0.4, 0.5) is 0 Å². The highest BCUT2D eigenvalue weighted by atomic mass is 16.1. The zero-order chi connectivity index (χ0) is 16.8. The fourth-order valence-electron chi connectivity index (χ4n) is 5.29. The molecule has 1 fully saturated rings. The first-order valence-corrected chi connectivity index (χ1v) is 9.85. The van der Waals surface area contributed by atoms with Crippen molar-refractivity contribution in [3.63, 3.8) is 0 Å². The van der Waals surface area contributed by atoms with E-state index < -0.39 is 0 Å². The normalized spacial score (nSPS) is 25.2. The van der Waals surface area contributed by atoms with Crippen LogP contribution in [0, 0.1) is 11.8 Å². The molecular weight excluding hydrogens is 308 g/mol. The summed E-state index contributed by atoms with van der Waals surface area (Å²) in [7, 11) is 0. The van der Waals surface area contributed by atoms with Gasteiger partial charge in [-0.05, 0) is 62.1 Å². The molecule has 3 heteroatoms. The molecule has 2 heterocycles. The molecule has 25 heavy (non-hydrogen) atoms. The second-order valence-electron chi connectivity index (χ2n) is 7.95. The molecule has 1 saturated heterocycles. The van der Waals surface area contributed by atoms with Gasteiger partial charge in [0.25, 0.3) is 0 Å². The van der Waals surface area contributed by atoms with Gasteiger partial charge in [-0.15, -0.1) is 0 Å². The Hall–Kier alpha value is -1.87. The Bertz CT molecular complexity index is 805. The predicted octanol–water partition coefficient (Wildman–Crippen LogP) is 3.38. The standard InChI is InChI=1S/C22H26N2O/c25-22-18-13-23-11-10-16(18)12-20-21(22)17-8-4-5-9-19(17)24(20)14-15-6-2-1-3-7-15/h1-3,6-7,16,18,23H,4-5,8-14H2/t16-,18+/m0/s1. The minimum absolute atomic E-state index is 0.208. The number of fused-ring (bicyclic) bond motifs is 4. The average Bonchev–Trinajstić information content (AvgIpc) is 2.97. The van der Waals surface area contributed by atoms with Gasteiger partial charge in [0.1, 0.15) is 0 Å². The van der Waals surface area contributed by atoms with Gasteiger partial charge < -0.3 is 9.88 Å². The molecule has 2 atom stereocenters. The Morgan fingerprint density at radius 2 is 1.92 bits per heavy atom. The zero-order valence-electron chi connectivity index (χ0n) is 14.8. The molecule has 0 spiro atoms. The third-order valence-corrected chi connectivity index (χ3v) is 6.53. The summed E-state index contributed by atoms with van der Waals surface area (Å²) in [5, 5.41) is 3.44. The quantitative estimate of drug-likeness (QED) is 0.913. The lowest BCUT2D eigenvalue weighted by atomic mass is 9.72. The molecule has 3 aliphatic rings. The van der Waals surface area contributed by atoms with Gasteiger partial charge in [0, 0.05) is 36.0 Å². The summed E-state index contributed by atoms with van der Waals surface area (Å²) in [6.07, 6.45) is 6.94. The summed E-state index contributed by atoms with van der Waals surface area (Å²) >= 11 is 0. The second kappa shape index (κ2) is 6.14. The highest BCUT2D eigenvalue weighted by Gasteiger charge is 2.41. The molecule has 0 unspecified atom stereocenters. The minimum Gasteiger partial charge on any atom is -0.343 e. The molecule has 0 saturated carbocycles.